The van der Waals surface area contributed by atoms with E-state index in [0.29, 0.717) is 0 Å². The van der Waals surface area contributed by atoms with Crippen LogP contribution >= 0.6 is 0 Å². The Labute approximate surface area is 138 Å². The molecular weight excluding hydrogens is 309 g/mol. The van der Waals surface area contributed by atoms with Gasteiger partial charge in [0.25, 0.3) is 10.1 Å². The molecule has 0 aliphatic carbocycles. The van der Waals surface area contributed by atoms with E-state index in [9.17, 15) is 8.42 Å². The quantitative estimate of drug-likeness (QED) is 0.483. The first-order valence-electron chi connectivity index (χ1n) is 3.09. The minimum absolute atomic E-state index is 0. The van der Waals surface area contributed by atoms with Gasteiger partial charge in [-0.25, -0.2) is 0 Å². The van der Waals surface area contributed by atoms with Gasteiger partial charge in [0.1, 0.15) is 4.90 Å². The maximum absolute atomic E-state index is 10.7. The smallest absolute Gasteiger partial charge is 1.00 e. The van der Waals surface area contributed by atoms with Crippen LogP contribution in [0, 0.1) is 12.3 Å². The van der Waals surface area contributed by atoms with E-state index in [1.807, 2.05) is 0 Å². The number of benzene rings is 1. The summed E-state index contributed by atoms with van der Waals surface area (Å²) < 4.78 is 30.0. The van der Waals surface area contributed by atoms with Crippen LogP contribution in [0.1, 0.15) is 6.99 Å². The van der Waals surface area contributed by atoms with Gasteiger partial charge < -0.3 is 1.43 Å². The van der Waals surface area contributed by atoms with Crippen LogP contribution in [0.4, 0.5) is 0 Å². The first kappa shape index (κ1) is 13.7. The molecule has 0 bridgehead atoms. The predicted octanol–water partition coefficient (Wildman–Crippen LogP) is -1.97. The van der Waals surface area contributed by atoms with Crippen molar-refractivity contribution in [2.75, 3.05) is 0 Å². The summed E-state index contributed by atoms with van der Waals surface area (Å²) in [6, 6.07) is 5.79. The van der Waals surface area contributed by atoms with E-state index < -0.39 is 10.1 Å². The molecule has 0 saturated carbocycles. The van der Waals surface area contributed by atoms with Crippen molar-refractivity contribution in [2.24, 2.45) is 0 Å². The van der Waals surface area contributed by atoms with E-state index in [-0.39, 0.29) is 80.8 Å². The predicted molar refractivity (Wildman–Crippen MR) is 45.3 cm³/mol. The van der Waals surface area contributed by atoms with Crippen molar-refractivity contribution in [3.05, 3.63) is 29.8 Å². The third kappa shape index (κ3) is 3.77. The van der Waals surface area contributed by atoms with Crippen LogP contribution in [0.3, 0.4) is 0 Å². The van der Waals surface area contributed by atoms with Crippen molar-refractivity contribution >= 4 is 10.1 Å². The molecular formula is C8H7CsO3S. The molecule has 0 saturated heterocycles. The van der Waals surface area contributed by atoms with Crippen molar-refractivity contribution in [3.63, 3.8) is 0 Å². The minimum atomic E-state index is -4.19. The molecule has 1 aromatic carbocycles. The summed E-state index contributed by atoms with van der Waals surface area (Å²) in [6.45, 7) is 0. The average molecular weight is 316 g/mol. The molecule has 5 heteroatoms. The summed E-state index contributed by atoms with van der Waals surface area (Å²) >= 11 is 0. The van der Waals surface area contributed by atoms with Crippen LogP contribution < -0.4 is 68.9 Å². The van der Waals surface area contributed by atoms with Gasteiger partial charge in [0.2, 0.25) is 0 Å². The molecule has 1 rings (SSSR count). The average Bonchev–Trinajstić information content (AvgIpc) is 2.03. The molecule has 1 aromatic rings. The third-order valence-electron chi connectivity index (χ3n) is 1.32. The van der Waals surface area contributed by atoms with Gasteiger partial charge in [0.15, 0.2) is 0 Å². The molecule has 1 N–H and O–H groups in total. The molecule has 0 aliphatic rings. The van der Waals surface area contributed by atoms with Crippen molar-refractivity contribution in [2.45, 2.75) is 4.90 Å². The van der Waals surface area contributed by atoms with Crippen molar-refractivity contribution < 1.29 is 83.3 Å². The molecule has 0 aliphatic heterocycles. The zero-order chi connectivity index (χ0) is 9.19. The van der Waals surface area contributed by atoms with Crippen LogP contribution in [0.2, 0.25) is 0 Å². The van der Waals surface area contributed by atoms with Gasteiger partial charge in [-0.2, -0.15) is 8.42 Å². The van der Waals surface area contributed by atoms with Crippen LogP contribution in [0.5, 0.6) is 0 Å². The first-order chi connectivity index (χ1) is 5.55. The molecule has 3 nitrogen and oxygen atoms in total. The molecule has 0 fully saturated rings. The van der Waals surface area contributed by atoms with Gasteiger partial charge in [-0.1, -0.05) is 18.1 Å². The van der Waals surface area contributed by atoms with Gasteiger partial charge in [-0.05, 0) is 12.1 Å². The van der Waals surface area contributed by atoms with Crippen molar-refractivity contribution in [1.29, 1.82) is 0 Å². The van der Waals surface area contributed by atoms with Gasteiger partial charge in [0, 0.05) is 5.56 Å². The van der Waals surface area contributed by atoms with Gasteiger partial charge in [0.05, 0.1) is 0 Å². The monoisotopic (exact) mass is 316 g/mol. The summed E-state index contributed by atoms with van der Waals surface area (Å²) in [4.78, 5) is -0.229. The number of rotatable bonds is 1. The molecule has 0 spiro atoms. The van der Waals surface area contributed by atoms with E-state index in [1.165, 1.54) is 18.2 Å². The first-order valence-corrected chi connectivity index (χ1v) is 4.53. The normalized spacial score (nSPS) is 9.85. The van der Waals surface area contributed by atoms with Gasteiger partial charge in [-0.15, -0.1) is 6.42 Å². The molecule has 0 radical (unpaired) electrons. The zero-order valence-corrected chi connectivity index (χ0v) is 14.2. The number of hydrogen-bond donors (Lipinski definition) is 1. The fourth-order valence-electron chi connectivity index (χ4n) is 0.811. The third-order valence-corrected chi connectivity index (χ3v) is 2.23. The van der Waals surface area contributed by atoms with Gasteiger partial charge in [-0.3, -0.25) is 4.55 Å². The number of terminal acetylenes is 1. The second-order valence-electron chi connectivity index (χ2n) is 2.12. The Balaban J connectivity index is 0. The van der Waals surface area contributed by atoms with E-state index in [4.69, 9.17) is 11.0 Å². The SMILES string of the molecule is C#Cc1ccccc1S(=O)(=O)O.[Cs+].[H-]. The second kappa shape index (κ2) is 5.58. The molecule has 0 unspecified atom stereocenters. The fourth-order valence-corrected chi connectivity index (χ4v) is 1.47. The zero-order valence-electron chi connectivity index (χ0n) is 8.06. The summed E-state index contributed by atoms with van der Waals surface area (Å²) in [5.74, 6) is 2.16. The van der Waals surface area contributed by atoms with Crippen molar-refractivity contribution in [3.8, 4) is 12.3 Å². The van der Waals surface area contributed by atoms with E-state index in [1.54, 1.807) is 6.07 Å². The maximum Gasteiger partial charge on any atom is 1.00 e. The molecule has 0 heterocycles. The molecule has 0 aromatic heterocycles. The Morgan fingerprint density at radius 3 is 2.31 bits per heavy atom. The summed E-state index contributed by atoms with van der Waals surface area (Å²) in [7, 11) is -4.19. The standard InChI is InChI=1S/C8H6O3S.Cs.H/c1-2-7-5-3-4-6-8(7)12(9,10)11;;/h1,3-6H,(H,9,10,11);;/q;+1;-1. The Kier molecular flexibility index (Phi) is 5.90. The van der Waals surface area contributed by atoms with Crippen LogP contribution in [0.25, 0.3) is 0 Å². The molecule has 0 amide bonds. The Morgan fingerprint density at radius 2 is 1.92 bits per heavy atom. The van der Waals surface area contributed by atoms with E-state index >= 15 is 0 Å². The molecule has 13 heavy (non-hydrogen) atoms. The van der Waals surface area contributed by atoms with E-state index in [0.717, 1.165) is 0 Å². The van der Waals surface area contributed by atoms with Crippen LogP contribution in [-0.4, -0.2) is 13.0 Å². The number of hydrogen-bond acceptors (Lipinski definition) is 2. The minimum Gasteiger partial charge on any atom is -1.00 e. The van der Waals surface area contributed by atoms with Crippen LogP contribution in [0.15, 0.2) is 29.2 Å². The fraction of sp³-hybridized carbons (Fsp3) is 0. The van der Waals surface area contributed by atoms with Crippen molar-refractivity contribution in [1.82, 2.24) is 0 Å². The largest absolute Gasteiger partial charge is 1.00 e. The Morgan fingerprint density at radius 1 is 1.38 bits per heavy atom. The summed E-state index contributed by atoms with van der Waals surface area (Å²) in [5, 5.41) is 0. The van der Waals surface area contributed by atoms with Gasteiger partial charge >= 0.3 is 68.9 Å². The maximum atomic E-state index is 10.7. The Hall–Kier alpha value is 0.742. The van der Waals surface area contributed by atoms with Crippen LogP contribution in [-0.2, 0) is 10.1 Å². The van der Waals surface area contributed by atoms with E-state index in [2.05, 4.69) is 5.92 Å². The molecule has 0 atom stereocenters. The second-order valence-corrected chi connectivity index (χ2v) is 3.51. The summed E-state index contributed by atoms with van der Waals surface area (Å²) in [6.07, 6.45) is 5.02. The summed E-state index contributed by atoms with van der Waals surface area (Å²) in [5.41, 5.74) is 0.167. The molecule has 64 valence electrons. The Bertz CT molecular complexity index is 436. The topological polar surface area (TPSA) is 54.4 Å².